The number of benzene rings is 1. The molecule has 246 valence electrons. The number of hydrogen-bond donors (Lipinski definition) is 1. The Kier molecular flexibility index (Phi) is 9.49. The van der Waals surface area contributed by atoms with Crippen LogP contribution in [-0.4, -0.2) is 109 Å². The van der Waals surface area contributed by atoms with Gasteiger partial charge in [0.05, 0.1) is 5.52 Å². The molecule has 2 atom stereocenters. The van der Waals surface area contributed by atoms with Gasteiger partial charge in [0.25, 0.3) is 0 Å². The van der Waals surface area contributed by atoms with Gasteiger partial charge in [-0.3, -0.25) is 19.1 Å². The van der Waals surface area contributed by atoms with Gasteiger partial charge in [-0.2, -0.15) is 5.10 Å². The molecule has 2 amide bonds. The first-order chi connectivity index (χ1) is 22.5. The normalized spacial score (nSPS) is 19.0. The lowest BCUT2D eigenvalue weighted by Gasteiger charge is -2.33. The molecule has 2 aliphatic heterocycles. The highest BCUT2D eigenvalue weighted by Gasteiger charge is 2.41. The number of ketones is 1. The highest BCUT2D eigenvalue weighted by Crippen LogP contribution is 2.31. The van der Waals surface area contributed by atoms with Crippen LogP contribution in [0.2, 0.25) is 0 Å². The second-order valence-electron chi connectivity index (χ2n) is 12.8. The van der Waals surface area contributed by atoms with Gasteiger partial charge in [0.2, 0.25) is 11.8 Å². The number of aromatic nitrogens is 5. The van der Waals surface area contributed by atoms with Crippen molar-refractivity contribution in [2.75, 3.05) is 51.6 Å². The summed E-state index contributed by atoms with van der Waals surface area (Å²) in [6, 6.07) is 6.95. The van der Waals surface area contributed by atoms with Gasteiger partial charge in [0, 0.05) is 69.5 Å². The van der Waals surface area contributed by atoms with Crippen LogP contribution in [0, 0.1) is 26.7 Å². The molecule has 3 aromatic heterocycles. The molecule has 4 aromatic rings. The average Bonchev–Trinajstić information content (AvgIpc) is 3.63. The van der Waals surface area contributed by atoms with E-state index >= 15 is 0 Å². The fourth-order valence-electron chi connectivity index (χ4n) is 6.64. The third-order valence-electron chi connectivity index (χ3n) is 9.19. The fourth-order valence-corrected chi connectivity index (χ4v) is 6.94. The molecule has 0 bridgehead atoms. The summed E-state index contributed by atoms with van der Waals surface area (Å²) >= 11 is 3.39. The quantitative estimate of drug-likeness (QED) is 0.215. The van der Waals surface area contributed by atoms with Crippen LogP contribution < -0.4 is 5.32 Å². The maximum atomic E-state index is 14.2. The molecule has 6 rings (SSSR count). The molecular formula is C34H40BrN9O3. The van der Waals surface area contributed by atoms with Gasteiger partial charge in [0.15, 0.2) is 5.78 Å². The SMILES string of the molecule is CC(=O)c1nn(CC(=O)N2CC(CN3CCN(C)CC3)CC2C(=O)Nc2nc(Br)ccc2C)c2c(C)cc(-c3cnc(C)nc3)cc12. The fraction of sp³-hybridized carbons (Fsp3) is 0.441. The lowest BCUT2D eigenvalue weighted by molar-refractivity contribution is -0.137. The number of Topliss-reactive ketones (excluding diaryl/α,β-unsaturated/α-hetero) is 1. The minimum absolute atomic E-state index is 0.100. The summed E-state index contributed by atoms with van der Waals surface area (Å²) in [6.07, 6.45) is 4.07. The third-order valence-corrected chi connectivity index (χ3v) is 9.64. The number of piperazine rings is 1. The van der Waals surface area contributed by atoms with Crippen LogP contribution in [0.15, 0.2) is 41.3 Å². The smallest absolute Gasteiger partial charge is 0.248 e. The zero-order chi connectivity index (χ0) is 33.4. The molecule has 2 fully saturated rings. The molecule has 0 aliphatic carbocycles. The number of amides is 2. The highest BCUT2D eigenvalue weighted by atomic mass is 79.9. The predicted molar refractivity (Wildman–Crippen MR) is 183 cm³/mol. The number of carbonyl (C=O) groups excluding carboxylic acids is 3. The van der Waals surface area contributed by atoms with Crippen molar-refractivity contribution < 1.29 is 14.4 Å². The van der Waals surface area contributed by atoms with E-state index < -0.39 is 6.04 Å². The summed E-state index contributed by atoms with van der Waals surface area (Å²) in [5.74, 6) is 0.598. The minimum Gasteiger partial charge on any atom is -0.329 e. The van der Waals surface area contributed by atoms with Gasteiger partial charge in [0.1, 0.15) is 34.5 Å². The van der Waals surface area contributed by atoms with Crippen LogP contribution in [0.3, 0.4) is 0 Å². The number of rotatable bonds is 8. The standard InChI is InChI=1S/C34H40BrN9O3/c1-20-6-7-29(35)38-33(20)39-34(47)28-13-24(17-42-10-8-41(5)9-11-42)18-43(28)30(46)19-44-32-21(2)12-25(26-15-36-23(4)37-16-26)14-27(32)31(40-44)22(3)45/h6-7,12,14-16,24,28H,8-11,13,17-19H2,1-5H3,(H,38,39,47). The van der Waals surface area contributed by atoms with Gasteiger partial charge < -0.3 is 20.0 Å². The molecule has 0 saturated carbocycles. The summed E-state index contributed by atoms with van der Waals surface area (Å²) in [5, 5.41) is 8.30. The molecule has 47 heavy (non-hydrogen) atoms. The lowest BCUT2D eigenvalue weighted by atomic mass is 10.0. The second kappa shape index (κ2) is 13.6. The van der Waals surface area contributed by atoms with Crippen molar-refractivity contribution in [1.29, 1.82) is 0 Å². The molecule has 2 saturated heterocycles. The molecule has 2 aliphatic rings. The molecule has 12 nitrogen and oxygen atoms in total. The Balaban J connectivity index is 1.29. The van der Waals surface area contributed by atoms with Crippen LogP contribution in [0.4, 0.5) is 5.82 Å². The van der Waals surface area contributed by atoms with Crippen LogP contribution in [0.1, 0.15) is 40.8 Å². The van der Waals surface area contributed by atoms with Crippen molar-refractivity contribution >= 4 is 50.2 Å². The number of likely N-dealkylation sites (tertiary alicyclic amines) is 1. The Morgan fingerprint density at radius 3 is 2.40 bits per heavy atom. The Hall–Kier alpha value is -4.07. The summed E-state index contributed by atoms with van der Waals surface area (Å²) < 4.78 is 2.23. The van der Waals surface area contributed by atoms with Crippen LogP contribution in [0.25, 0.3) is 22.0 Å². The van der Waals surface area contributed by atoms with Gasteiger partial charge in [-0.1, -0.05) is 6.07 Å². The molecule has 1 aromatic carbocycles. The van der Waals surface area contributed by atoms with Crippen molar-refractivity contribution in [1.82, 2.24) is 39.4 Å². The first-order valence-electron chi connectivity index (χ1n) is 15.9. The number of nitrogens with one attached hydrogen (secondary N) is 1. The molecule has 0 radical (unpaired) electrons. The number of anilines is 1. The first kappa shape index (κ1) is 32.9. The van der Waals surface area contributed by atoms with E-state index in [-0.39, 0.29) is 30.1 Å². The number of carbonyl (C=O) groups is 3. The second-order valence-corrected chi connectivity index (χ2v) is 13.6. The topological polar surface area (TPSA) is 129 Å². The highest BCUT2D eigenvalue weighted by molar-refractivity contribution is 9.10. The Labute approximate surface area is 282 Å². The van der Waals surface area contributed by atoms with Crippen LogP contribution in [0.5, 0.6) is 0 Å². The van der Waals surface area contributed by atoms with Crippen molar-refractivity contribution in [3.05, 3.63) is 63.9 Å². The predicted octanol–water partition coefficient (Wildman–Crippen LogP) is 3.88. The van der Waals surface area contributed by atoms with Crippen molar-refractivity contribution in [2.24, 2.45) is 5.92 Å². The van der Waals surface area contributed by atoms with Crippen LogP contribution >= 0.6 is 15.9 Å². The maximum absolute atomic E-state index is 14.2. The molecule has 1 N–H and O–H groups in total. The minimum atomic E-state index is -0.663. The van der Waals surface area contributed by atoms with Crippen molar-refractivity contribution in [2.45, 2.75) is 46.7 Å². The van der Waals surface area contributed by atoms with Gasteiger partial charge in [-0.05, 0) is 91.0 Å². The monoisotopic (exact) mass is 701 g/mol. The van der Waals surface area contributed by atoms with E-state index in [9.17, 15) is 14.4 Å². The first-order valence-corrected chi connectivity index (χ1v) is 16.7. The van der Waals surface area contributed by atoms with E-state index in [4.69, 9.17) is 0 Å². The average molecular weight is 703 g/mol. The number of aryl methyl sites for hydroxylation is 3. The van der Waals surface area contributed by atoms with Crippen molar-refractivity contribution in [3.63, 3.8) is 0 Å². The van der Waals surface area contributed by atoms with Crippen molar-refractivity contribution in [3.8, 4) is 11.1 Å². The van der Waals surface area contributed by atoms with Crippen LogP contribution in [-0.2, 0) is 16.1 Å². The number of hydrogen-bond acceptors (Lipinski definition) is 9. The Morgan fingerprint density at radius 2 is 1.70 bits per heavy atom. The number of halogens is 1. The Morgan fingerprint density at radius 1 is 0.979 bits per heavy atom. The number of likely N-dealkylation sites (N-methyl/N-ethyl adjacent to an activating group) is 1. The number of pyridine rings is 1. The molecule has 0 spiro atoms. The lowest BCUT2D eigenvalue weighted by Crippen LogP contribution is -2.46. The summed E-state index contributed by atoms with van der Waals surface area (Å²) in [7, 11) is 2.13. The van der Waals surface area contributed by atoms with Gasteiger partial charge in [-0.15, -0.1) is 0 Å². The summed E-state index contributed by atoms with van der Waals surface area (Å²) in [6.45, 7) is 12.2. The third kappa shape index (κ3) is 7.12. The largest absolute Gasteiger partial charge is 0.329 e. The summed E-state index contributed by atoms with van der Waals surface area (Å²) in [4.78, 5) is 60.3. The summed E-state index contributed by atoms with van der Waals surface area (Å²) in [5.41, 5.74) is 4.40. The molecule has 5 heterocycles. The number of fused-ring (bicyclic) bond motifs is 1. The van der Waals surface area contributed by atoms with E-state index in [1.54, 1.807) is 22.0 Å². The molecular weight excluding hydrogens is 662 g/mol. The maximum Gasteiger partial charge on any atom is 0.248 e. The van der Waals surface area contributed by atoms with E-state index in [2.05, 4.69) is 58.1 Å². The zero-order valence-electron chi connectivity index (χ0n) is 27.5. The molecule has 13 heteroatoms. The Bertz CT molecular complexity index is 1830. The van der Waals surface area contributed by atoms with E-state index in [0.29, 0.717) is 45.8 Å². The van der Waals surface area contributed by atoms with E-state index in [1.807, 2.05) is 45.0 Å². The van der Waals surface area contributed by atoms with E-state index in [1.165, 1.54) is 6.92 Å². The van der Waals surface area contributed by atoms with Gasteiger partial charge in [-0.25, -0.2) is 15.0 Å². The van der Waals surface area contributed by atoms with E-state index in [0.717, 1.165) is 55.0 Å². The zero-order valence-corrected chi connectivity index (χ0v) is 29.0. The number of nitrogens with zero attached hydrogens (tertiary/aromatic N) is 8. The van der Waals surface area contributed by atoms with Gasteiger partial charge >= 0.3 is 0 Å². The molecule has 2 unspecified atom stereocenters.